The highest BCUT2D eigenvalue weighted by Crippen LogP contribution is 2.36. The van der Waals surface area contributed by atoms with E-state index in [1.165, 1.54) is 11.6 Å². The van der Waals surface area contributed by atoms with Gasteiger partial charge in [-0.05, 0) is 46.2 Å². The number of morpholine rings is 1. The molecule has 5 nitrogen and oxygen atoms in total. The summed E-state index contributed by atoms with van der Waals surface area (Å²) in [6.07, 6.45) is 1.34. The van der Waals surface area contributed by atoms with Gasteiger partial charge in [-0.15, -0.1) is 0 Å². The zero-order valence-corrected chi connectivity index (χ0v) is 16.6. The molecule has 1 amide bonds. The van der Waals surface area contributed by atoms with Crippen LogP contribution in [0.5, 0.6) is 0 Å². The van der Waals surface area contributed by atoms with E-state index >= 15 is 0 Å². The first-order valence-corrected chi connectivity index (χ1v) is 9.07. The summed E-state index contributed by atoms with van der Waals surface area (Å²) in [6.45, 7) is 16.5. The highest BCUT2D eigenvalue weighted by atomic mass is 16.7. The molecule has 2 heterocycles. The topological polar surface area (TPSA) is 48.0 Å². The maximum absolute atomic E-state index is 10.9. The van der Waals surface area contributed by atoms with Crippen molar-refractivity contribution in [3.8, 4) is 0 Å². The second kappa shape index (κ2) is 8.38. The molecule has 6 heteroatoms. The van der Waals surface area contributed by atoms with Gasteiger partial charge < -0.3 is 18.9 Å². The number of rotatable bonds is 2. The van der Waals surface area contributed by atoms with Gasteiger partial charge in [0.15, 0.2) is 0 Å². The molecule has 1 aromatic carbocycles. The Balaban J connectivity index is 0.000000209. The Morgan fingerprint density at radius 1 is 1.15 bits per heavy atom. The zero-order valence-electron chi connectivity index (χ0n) is 16.6. The highest BCUT2D eigenvalue weighted by molar-refractivity contribution is 6.62. The number of ether oxygens (including phenoxy) is 1. The van der Waals surface area contributed by atoms with Crippen LogP contribution in [-0.4, -0.2) is 55.4 Å². The van der Waals surface area contributed by atoms with Crippen LogP contribution < -0.4 is 5.46 Å². The summed E-state index contributed by atoms with van der Waals surface area (Å²) in [6, 6.07) is 8.28. The molecule has 0 bridgehead atoms. The Kier molecular flexibility index (Phi) is 6.66. The summed E-state index contributed by atoms with van der Waals surface area (Å²) < 4.78 is 17.0. The lowest BCUT2D eigenvalue weighted by atomic mass is 9.78. The number of hydrogen-bond acceptors (Lipinski definition) is 4. The minimum absolute atomic E-state index is 0.00306. The second-order valence-corrected chi connectivity index (χ2v) is 7.64. The van der Waals surface area contributed by atoms with Crippen molar-refractivity contribution in [2.75, 3.05) is 26.3 Å². The molecule has 0 radical (unpaired) electrons. The van der Waals surface area contributed by atoms with Crippen molar-refractivity contribution in [2.45, 2.75) is 45.8 Å². The number of benzene rings is 1. The van der Waals surface area contributed by atoms with Gasteiger partial charge in [0.25, 0.3) is 0 Å². The third-order valence-corrected chi connectivity index (χ3v) is 5.06. The third kappa shape index (κ3) is 4.97. The summed E-state index contributed by atoms with van der Waals surface area (Å²) in [7, 11) is -0.245. The summed E-state index contributed by atoms with van der Waals surface area (Å²) in [5, 5.41) is 0. The number of amides is 1. The quantitative estimate of drug-likeness (QED) is 0.601. The Labute approximate surface area is 157 Å². The fraction of sp³-hybridized carbons (Fsp3) is 0.550. The number of carbonyl (C=O) groups excluding carboxylic acids is 1. The maximum atomic E-state index is 10.9. The van der Waals surface area contributed by atoms with E-state index in [0.29, 0.717) is 26.3 Å². The summed E-state index contributed by atoms with van der Waals surface area (Å²) in [5.74, 6) is 0.00306. The highest BCUT2D eigenvalue weighted by Gasteiger charge is 2.51. The summed E-state index contributed by atoms with van der Waals surface area (Å²) in [4.78, 5) is 12.7. The normalized spacial score (nSPS) is 21.0. The SMILES string of the molecule is C=CC(=O)N1CCOCC1.Cc1cccc(B2OC(C)(C)C(C)(C)O2)c1. The lowest BCUT2D eigenvalue weighted by Gasteiger charge is -2.32. The van der Waals surface area contributed by atoms with E-state index in [0.717, 1.165) is 5.46 Å². The number of carbonyl (C=O) groups is 1. The molecule has 2 aliphatic rings. The molecule has 0 N–H and O–H groups in total. The molecule has 2 saturated heterocycles. The Hall–Kier alpha value is -1.63. The van der Waals surface area contributed by atoms with Crippen molar-refractivity contribution < 1.29 is 18.8 Å². The molecule has 0 saturated carbocycles. The molecule has 2 aliphatic heterocycles. The van der Waals surface area contributed by atoms with E-state index in [9.17, 15) is 4.79 Å². The van der Waals surface area contributed by atoms with Gasteiger partial charge in [-0.25, -0.2) is 0 Å². The Morgan fingerprint density at radius 2 is 1.73 bits per heavy atom. The molecule has 2 fully saturated rings. The van der Waals surface area contributed by atoms with Gasteiger partial charge in [-0.2, -0.15) is 0 Å². The molecule has 26 heavy (non-hydrogen) atoms. The van der Waals surface area contributed by atoms with Crippen LogP contribution in [0.15, 0.2) is 36.9 Å². The number of aryl methyl sites for hydroxylation is 1. The smallest absolute Gasteiger partial charge is 0.399 e. The van der Waals surface area contributed by atoms with Crippen LogP contribution in [0.1, 0.15) is 33.3 Å². The molecule has 0 unspecified atom stereocenters. The second-order valence-electron chi connectivity index (χ2n) is 7.64. The van der Waals surface area contributed by atoms with Gasteiger partial charge in [-0.1, -0.05) is 36.4 Å². The van der Waals surface area contributed by atoms with Crippen molar-refractivity contribution in [3.05, 3.63) is 42.5 Å². The summed E-state index contributed by atoms with van der Waals surface area (Å²) in [5.41, 5.74) is 1.80. The predicted molar refractivity (Wildman–Crippen MR) is 104 cm³/mol. The van der Waals surface area contributed by atoms with Crippen LogP contribution in [0.25, 0.3) is 0 Å². The van der Waals surface area contributed by atoms with Crippen molar-refractivity contribution in [2.24, 2.45) is 0 Å². The van der Waals surface area contributed by atoms with Crippen LogP contribution in [0.2, 0.25) is 0 Å². The van der Waals surface area contributed by atoms with E-state index in [4.69, 9.17) is 14.0 Å². The van der Waals surface area contributed by atoms with Crippen molar-refractivity contribution in [1.82, 2.24) is 4.90 Å². The van der Waals surface area contributed by atoms with Gasteiger partial charge in [0.2, 0.25) is 5.91 Å². The lowest BCUT2D eigenvalue weighted by molar-refractivity contribution is -0.129. The number of nitrogens with zero attached hydrogens (tertiary/aromatic N) is 1. The van der Waals surface area contributed by atoms with Gasteiger partial charge in [0, 0.05) is 13.1 Å². The third-order valence-electron chi connectivity index (χ3n) is 5.06. The van der Waals surface area contributed by atoms with E-state index in [-0.39, 0.29) is 24.2 Å². The van der Waals surface area contributed by atoms with Crippen LogP contribution in [0, 0.1) is 6.92 Å². The zero-order chi connectivity index (χ0) is 19.4. The standard InChI is InChI=1S/C13H19BO2.C7H11NO2/c1-10-7-6-8-11(9-10)14-15-12(2,3)13(4,5)16-14;1-2-7(9)8-3-5-10-6-4-8/h6-9H,1-5H3;2H,1,3-6H2. The van der Waals surface area contributed by atoms with Gasteiger partial charge in [-0.3, -0.25) is 4.79 Å². The molecule has 3 rings (SSSR count). The molecule has 1 aromatic rings. The van der Waals surface area contributed by atoms with Crippen molar-refractivity contribution in [1.29, 1.82) is 0 Å². The fourth-order valence-electron chi connectivity index (χ4n) is 2.71. The number of hydrogen-bond donors (Lipinski definition) is 0. The molecule has 0 aromatic heterocycles. The molecule has 0 aliphatic carbocycles. The monoisotopic (exact) mass is 359 g/mol. The van der Waals surface area contributed by atoms with E-state index in [1.807, 2.05) is 6.07 Å². The minimum atomic E-state index is -0.262. The minimum Gasteiger partial charge on any atom is -0.399 e. The van der Waals surface area contributed by atoms with Gasteiger partial charge >= 0.3 is 7.12 Å². The lowest BCUT2D eigenvalue weighted by Crippen LogP contribution is -2.41. The van der Waals surface area contributed by atoms with Gasteiger partial charge in [0.1, 0.15) is 0 Å². The first-order valence-electron chi connectivity index (χ1n) is 9.07. The van der Waals surface area contributed by atoms with Crippen LogP contribution in [0.4, 0.5) is 0 Å². The molecule has 0 atom stereocenters. The largest absolute Gasteiger partial charge is 0.494 e. The maximum Gasteiger partial charge on any atom is 0.494 e. The molecular formula is C20H30BNO4. The predicted octanol–water partition coefficient (Wildman–Crippen LogP) is 2.33. The van der Waals surface area contributed by atoms with E-state index in [2.05, 4.69) is 59.4 Å². The first-order chi connectivity index (χ1) is 12.2. The van der Waals surface area contributed by atoms with Gasteiger partial charge in [0.05, 0.1) is 24.4 Å². The average Bonchev–Trinajstić information content (AvgIpc) is 2.83. The van der Waals surface area contributed by atoms with Crippen molar-refractivity contribution in [3.63, 3.8) is 0 Å². The van der Waals surface area contributed by atoms with E-state index < -0.39 is 0 Å². The molecule has 142 valence electrons. The molecular weight excluding hydrogens is 329 g/mol. The summed E-state index contributed by atoms with van der Waals surface area (Å²) >= 11 is 0. The van der Waals surface area contributed by atoms with Crippen LogP contribution in [0.3, 0.4) is 0 Å². The first kappa shape index (κ1) is 20.7. The van der Waals surface area contributed by atoms with Crippen LogP contribution in [-0.2, 0) is 18.8 Å². The van der Waals surface area contributed by atoms with Crippen molar-refractivity contribution >= 4 is 18.5 Å². The average molecular weight is 359 g/mol. The molecule has 0 spiro atoms. The van der Waals surface area contributed by atoms with Crippen LogP contribution >= 0.6 is 0 Å². The van der Waals surface area contributed by atoms with E-state index in [1.54, 1.807) is 4.90 Å². The Bertz CT molecular complexity index is 622. The fourth-order valence-corrected chi connectivity index (χ4v) is 2.71. The Morgan fingerprint density at radius 3 is 2.23 bits per heavy atom.